The molecule has 1 N–H and O–H groups in total. The fourth-order valence-electron chi connectivity index (χ4n) is 3.87. The minimum Gasteiger partial charge on any atom is -0.352 e. The monoisotopic (exact) mass is 342 g/mol. The molecule has 0 spiro atoms. The number of pyridine rings is 1. The summed E-state index contributed by atoms with van der Waals surface area (Å²) in [6.45, 7) is 12.0. The van der Waals surface area contributed by atoms with Crippen molar-refractivity contribution < 1.29 is 0 Å². The SMILES string of the molecule is CCn1c(C)cc(C2C(c3ccccn3)NC(=S)N2C(C)C)c1C. The largest absolute Gasteiger partial charge is 0.352 e. The Bertz CT molecular complexity index is 735. The van der Waals surface area contributed by atoms with Crippen molar-refractivity contribution in [3.8, 4) is 0 Å². The second-order valence-corrected chi connectivity index (χ2v) is 7.09. The number of thiocarbonyl (C=S) groups is 1. The maximum Gasteiger partial charge on any atom is 0.170 e. The van der Waals surface area contributed by atoms with Crippen molar-refractivity contribution in [2.75, 3.05) is 0 Å². The van der Waals surface area contributed by atoms with Gasteiger partial charge in [0.15, 0.2) is 5.11 Å². The number of hydrogen-bond donors (Lipinski definition) is 1. The molecule has 1 aliphatic heterocycles. The first-order valence-corrected chi connectivity index (χ1v) is 9.02. The Morgan fingerprint density at radius 3 is 2.58 bits per heavy atom. The maximum atomic E-state index is 5.66. The van der Waals surface area contributed by atoms with Crippen LogP contribution in [0.5, 0.6) is 0 Å². The molecule has 2 unspecified atom stereocenters. The number of nitrogens with zero attached hydrogens (tertiary/aromatic N) is 3. The third-order valence-corrected chi connectivity index (χ3v) is 5.27. The lowest BCUT2D eigenvalue weighted by atomic mass is 9.96. The van der Waals surface area contributed by atoms with E-state index in [-0.39, 0.29) is 12.1 Å². The van der Waals surface area contributed by atoms with Gasteiger partial charge in [-0.25, -0.2) is 0 Å². The van der Waals surface area contributed by atoms with Crippen LogP contribution in [0.2, 0.25) is 0 Å². The molecule has 0 radical (unpaired) electrons. The summed E-state index contributed by atoms with van der Waals surface area (Å²) in [5.74, 6) is 0. The van der Waals surface area contributed by atoms with Gasteiger partial charge >= 0.3 is 0 Å². The van der Waals surface area contributed by atoms with Gasteiger partial charge in [0.2, 0.25) is 0 Å². The van der Waals surface area contributed by atoms with Crippen LogP contribution < -0.4 is 5.32 Å². The minimum absolute atomic E-state index is 0.0758. The van der Waals surface area contributed by atoms with E-state index in [1.54, 1.807) is 0 Å². The third kappa shape index (κ3) is 2.71. The van der Waals surface area contributed by atoms with Gasteiger partial charge in [-0.2, -0.15) is 0 Å². The van der Waals surface area contributed by atoms with Gasteiger partial charge in [0.1, 0.15) is 0 Å². The van der Waals surface area contributed by atoms with Crippen LogP contribution in [-0.2, 0) is 6.54 Å². The topological polar surface area (TPSA) is 33.1 Å². The Morgan fingerprint density at radius 2 is 2.04 bits per heavy atom. The van der Waals surface area contributed by atoms with E-state index in [1.165, 1.54) is 17.0 Å². The second kappa shape index (κ2) is 6.55. The molecule has 2 atom stereocenters. The third-order valence-electron chi connectivity index (χ3n) is 4.94. The van der Waals surface area contributed by atoms with Gasteiger partial charge in [-0.1, -0.05) is 6.07 Å². The number of aryl methyl sites for hydroxylation is 1. The summed E-state index contributed by atoms with van der Waals surface area (Å²) in [5.41, 5.74) is 4.99. The number of hydrogen-bond acceptors (Lipinski definition) is 2. The molecular formula is C19H26N4S. The molecule has 0 aromatic carbocycles. The van der Waals surface area contributed by atoms with Crippen LogP contribution in [0.1, 0.15) is 55.5 Å². The van der Waals surface area contributed by atoms with E-state index in [9.17, 15) is 0 Å². The van der Waals surface area contributed by atoms with E-state index in [0.29, 0.717) is 6.04 Å². The summed E-state index contributed by atoms with van der Waals surface area (Å²) in [5, 5.41) is 4.32. The number of nitrogens with one attached hydrogen (secondary N) is 1. The predicted octanol–water partition coefficient (Wildman–Crippen LogP) is 3.90. The highest BCUT2D eigenvalue weighted by Gasteiger charge is 2.42. The smallest absolute Gasteiger partial charge is 0.170 e. The molecule has 0 amide bonds. The lowest BCUT2D eigenvalue weighted by molar-refractivity contribution is 0.268. The molecule has 3 rings (SSSR count). The molecule has 0 aliphatic carbocycles. The van der Waals surface area contributed by atoms with Crippen molar-refractivity contribution in [2.45, 2.75) is 59.3 Å². The normalized spacial score (nSPS) is 20.8. The van der Waals surface area contributed by atoms with Crippen LogP contribution in [0.4, 0.5) is 0 Å². The predicted molar refractivity (Wildman–Crippen MR) is 102 cm³/mol. The highest BCUT2D eigenvalue weighted by Crippen LogP contribution is 2.41. The molecule has 1 fully saturated rings. The standard InChI is InChI=1S/C19H26N4S/c1-6-22-13(4)11-15(14(22)5)18-17(16-9-7-8-10-20-16)21-19(24)23(18)12(2)3/h7-12,17-18H,6H2,1-5H3,(H,21,24). The van der Waals surface area contributed by atoms with E-state index in [2.05, 4.69) is 66.5 Å². The minimum atomic E-state index is 0.0758. The van der Waals surface area contributed by atoms with E-state index >= 15 is 0 Å². The number of aromatic nitrogens is 2. The molecule has 5 heteroatoms. The Hall–Kier alpha value is -1.88. The van der Waals surface area contributed by atoms with Crippen molar-refractivity contribution in [3.63, 3.8) is 0 Å². The van der Waals surface area contributed by atoms with Gasteiger partial charge in [0, 0.05) is 30.2 Å². The molecule has 4 nitrogen and oxygen atoms in total. The molecule has 0 saturated carbocycles. The molecule has 1 saturated heterocycles. The molecule has 2 aromatic heterocycles. The lowest BCUT2D eigenvalue weighted by Crippen LogP contribution is -2.35. The van der Waals surface area contributed by atoms with E-state index in [1.807, 2.05) is 18.3 Å². The highest BCUT2D eigenvalue weighted by atomic mass is 32.1. The molecule has 1 aliphatic rings. The Balaban J connectivity index is 2.13. The van der Waals surface area contributed by atoms with Gasteiger partial charge in [0.05, 0.1) is 17.8 Å². The summed E-state index contributed by atoms with van der Waals surface area (Å²) in [6.07, 6.45) is 1.85. The summed E-state index contributed by atoms with van der Waals surface area (Å²) in [4.78, 5) is 6.90. The van der Waals surface area contributed by atoms with Crippen molar-refractivity contribution in [1.82, 2.24) is 19.8 Å². The first-order chi connectivity index (χ1) is 11.5. The van der Waals surface area contributed by atoms with Crippen LogP contribution in [0.25, 0.3) is 0 Å². The molecule has 2 aromatic rings. The van der Waals surface area contributed by atoms with Crippen molar-refractivity contribution in [1.29, 1.82) is 0 Å². The van der Waals surface area contributed by atoms with Gasteiger partial charge < -0.3 is 14.8 Å². The molecule has 128 valence electrons. The van der Waals surface area contributed by atoms with Crippen molar-refractivity contribution in [3.05, 3.63) is 53.1 Å². The summed E-state index contributed by atoms with van der Waals surface area (Å²) >= 11 is 5.66. The van der Waals surface area contributed by atoms with Gasteiger partial charge in [-0.3, -0.25) is 4.98 Å². The average Bonchev–Trinajstić information content (AvgIpc) is 3.04. The van der Waals surface area contributed by atoms with E-state index in [0.717, 1.165) is 17.4 Å². The second-order valence-electron chi connectivity index (χ2n) is 6.70. The summed E-state index contributed by atoms with van der Waals surface area (Å²) < 4.78 is 2.37. The molecular weight excluding hydrogens is 316 g/mol. The zero-order valence-electron chi connectivity index (χ0n) is 15.1. The Morgan fingerprint density at radius 1 is 1.29 bits per heavy atom. The number of rotatable bonds is 4. The first kappa shape index (κ1) is 17.0. The molecule has 24 heavy (non-hydrogen) atoms. The summed E-state index contributed by atoms with van der Waals surface area (Å²) in [7, 11) is 0. The zero-order chi connectivity index (χ0) is 17.4. The van der Waals surface area contributed by atoms with Crippen LogP contribution in [0.3, 0.4) is 0 Å². The fourth-order valence-corrected chi connectivity index (χ4v) is 4.32. The molecule has 3 heterocycles. The molecule has 0 bridgehead atoms. The fraction of sp³-hybridized carbons (Fsp3) is 0.474. The van der Waals surface area contributed by atoms with Crippen molar-refractivity contribution >= 4 is 17.3 Å². The van der Waals surface area contributed by atoms with E-state index < -0.39 is 0 Å². The summed E-state index contributed by atoms with van der Waals surface area (Å²) in [6, 6.07) is 8.95. The Labute approximate surface area is 149 Å². The van der Waals surface area contributed by atoms with Crippen LogP contribution in [0.15, 0.2) is 30.5 Å². The average molecular weight is 343 g/mol. The lowest BCUT2D eigenvalue weighted by Gasteiger charge is -2.31. The van der Waals surface area contributed by atoms with Gasteiger partial charge in [-0.05, 0) is 70.6 Å². The van der Waals surface area contributed by atoms with Crippen molar-refractivity contribution in [2.24, 2.45) is 0 Å². The van der Waals surface area contributed by atoms with Gasteiger partial charge in [0.25, 0.3) is 0 Å². The van der Waals surface area contributed by atoms with Crippen LogP contribution >= 0.6 is 12.2 Å². The van der Waals surface area contributed by atoms with Gasteiger partial charge in [-0.15, -0.1) is 0 Å². The first-order valence-electron chi connectivity index (χ1n) is 8.62. The zero-order valence-corrected chi connectivity index (χ0v) is 15.9. The Kier molecular flexibility index (Phi) is 4.63. The van der Waals surface area contributed by atoms with Crippen LogP contribution in [-0.4, -0.2) is 25.6 Å². The van der Waals surface area contributed by atoms with E-state index in [4.69, 9.17) is 12.2 Å². The van der Waals surface area contributed by atoms with Crippen LogP contribution in [0, 0.1) is 13.8 Å². The highest BCUT2D eigenvalue weighted by molar-refractivity contribution is 7.80. The maximum absolute atomic E-state index is 5.66. The quantitative estimate of drug-likeness (QED) is 0.854.